The van der Waals surface area contributed by atoms with Crippen molar-refractivity contribution in [1.82, 2.24) is 0 Å². The molecule has 0 spiro atoms. The molecule has 0 saturated carbocycles. The summed E-state index contributed by atoms with van der Waals surface area (Å²) in [7, 11) is 0.245. The van der Waals surface area contributed by atoms with Gasteiger partial charge in [-0.1, -0.05) is 12.2 Å². The van der Waals surface area contributed by atoms with Crippen LogP contribution < -0.4 is 0 Å². The smallest absolute Gasteiger partial charge is 0.312 e. The Labute approximate surface area is 98.9 Å². The molecular weight excluding hydrogens is 246 g/mol. The SMILES string of the molecule is CPOC(=O)C1CC=CCC1C(=O)OPC. The summed E-state index contributed by atoms with van der Waals surface area (Å²) in [5.74, 6) is -1.32. The lowest BCUT2D eigenvalue weighted by molar-refractivity contribution is -0.149. The van der Waals surface area contributed by atoms with Crippen molar-refractivity contribution in [2.75, 3.05) is 13.3 Å². The second-order valence-electron chi connectivity index (χ2n) is 3.41. The molecule has 4 nitrogen and oxygen atoms in total. The first kappa shape index (κ1) is 13.6. The van der Waals surface area contributed by atoms with Crippen LogP contribution in [0.4, 0.5) is 0 Å². The molecule has 90 valence electrons. The molecule has 16 heavy (non-hydrogen) atoms. The van der Waals surface area contributed by atoms with E-state index in [0.29, 0.717) is 12.8 Å². The number of allylic oxidation sites excluding steroid dienone is 2. The lowest BCUT2D eigenvalue weighted by Crippen LogP contribution is -2.31. The molecule has 1 rings (SSSR count). The standard InChI is InChI=1S/C10H16O4P2/c1-15-13-9(11)7-5-3-4-6-8(7)10(12)14-16-2/h3-4,7-8,15-16H,5-6H2,1-2H3. The second-order valence-corrected chi connectivity index (χ2v) is 4.63. The zero-order chi connectivity index (χ0) is 12.0. The Morgan fingerprint density at radius 3 is 1.69 bits per heavy atom. The minimum atomic E-state index is -0.374. The molecular formula is C10H16O4P2. The maximum Gasteiger partial charge on any atom is 0.312 e. The largest absolute Gasteiger partial charge is 0.448 e. The first-order chi connectivity index (χ1) is 7.70. The molecule has 0 heterocycles. The van der Waals surface area contributed by atoms with Gasteiger partial charge in [0, 0.05) is 0 Å². The molecule has 0 amide bonds. The fourth-order valence-electron chi connectivity index (χ4n) is 1.69. The van der Waals surface area contributed by atoms with Crippen LogP contribution in [0.25, 0.3) is 0 Å². The average molecular weight is 262 g/mol. The summed E-state index contributed by atoms with van der Waals surface area (Å²) in [6.07, 6.45) is 4.97. The van der Waals surface area contributed by atoms with Gasteiger partial charge in [-0.3, -0.25) is 9.59 Å². The molecule has 0 radical (unpaired) electrons. The van der Waals surface area contributed by atoms with Crippen LogP contribution in [-0.2, 0) is 18.6 Å². The highest BCUT2D eigenvalue weighted by Crippen LogP contribution is 2.30. The molecule has 0 aromatic heterocycles. The summed E-state index contributed by atoms with van der Waals surface area (Å²) in [6.45, 7) is 3.58. The van der Waals surface area contributed by atoms with E-state index in [0.717, 1.165) is 0 Å². The number of hydrogen-bond donors (Lipinski definition) is 0. The van der Waals surface area contributed by atoms with Crippen molar-refractivity contribution < 1.29 is 18.6 Å². The van der Waals surface area contributed by atoms with Crippen molar-refractivity contribution in [3.63, 3.8) is 0 Å². The summed E-state index contributed by atoms with van der Waals surface area (Å²) < 4.78 is 9.98. The van der Waals surface area contributed by atoms with E-state index >= 15 is 0 Å². The Balaban J connectivity index is 2.68. The van der Waals surface area contributed by atoms with Gasteiger partial charge in [0.2, 0.25) is 0 Å². The van der Waals surface area contributed by atoms with Gasteiger partial charge < -0.3 is 9.05 Å². The predicted octanol–water partition coefficient (Wildman–Crippen LogP) is 2.10. The molecule has 1 aliphatic carbocycles. The van der Waals surface area contributed by atoms with Crippen LogP contribution in [0.2, 0.25) is 0 Å². The lowest BCUT2D eigenvalue weighted by Gasteiger charge is -2.24. The van der Waals surface area contributed by atoms with E-state index in [2.05, 4.69) is 0 Å². The first-order valence-electron chi connectivity index (χ1n) is 5.10. The van der Waals surface area contributed by atoms with Crippen molar-refractivity contribution in [1.29, 1.82) is 0 Å². The van der Waals surface area contributed by atoms with Gasteiger partial charge in [-0.15, -0.1) is 0 Å². The van der Waals surface area contributed by atoms with E-state index in [9.17, 15) is 9.59 Å². The maximum atomic E-state index is 11.7. The minimum Gasteiger partial charge on any atom is -0.448 e. The van der Waals surface area contributed by atoms with Gasteiger partial charge in [-0.2, -0.15) is 0 Å². The molecule has 0 fully saturated rings. The first-order valence-corrected chi connectivity index (χ1v) is 7.92. The molecule has 1 aliphatic rings. The fourth-order valence-corrected chi connectivity index (χ4v) is 2.39. The molecule has 0 saturated heterocycles. The topological polar surface area (TPSA) is 52.6 Å². The normalized spacial score (nSPS) is 25.4. The Kier molecular flexibility index (Phi) is 5.94. The van der Waals surface area contributed by atoms with Gasteiger partial charge in [0.1, 0.15) is 0 Å². The monoisotopic (exact) mass is 262 g/mol. The highest BCUT2D eigenvalue weighted by Gasteiger charge is 2.35. The summed E-state index contributed by atoms with van der Waals surface area (Å²) in [5.41, 5.74) is 0. The summed E-state index contributed by atoms with van der Waals surface area (Å²) in [4.78, 5) is 23.3. The van der Waals surface area contributed by atoms with E-state index in [4.69, 9.17) is 9.05 Å². The molecule has 0 bridgehead atoms. The molecule has 0 aromatic rings. The number of hydrogen-bond acceptors (Lipinski definition) is 4. The highest BCUT2D eigenvalue weighted by atomic mass is 31.1. The summed E-state index contributed by atoms with van der Waals surface area (Å²) in [5, 5.41) is 0. The van der Waals surface area contributed by atoms with Crippen LogP contribution in [0.3, 0.4) is 0 Å². The van der Waals surface area contributed by atoms with Crippen molar-refractivity contribution in [3.8, 4) is 0 Å². The van der Waals surface area contributed by atoms with Crippen LogP contribution in [0.5, 0.6) is 0 Å². The second kappa shape index (κ2) is 6.98. The van der Waals surface area contributed by atoms with E-state index in [1.807, 2.05) is 12.2 Å². The molecule has 0 aliphatic heterocycles. The van der Waals surface area contributed by atoms with Gasteiger partial charge in [0.15, 0.2) is 0 Å². The van der Waals surface area contributed by atoms with Gasteiger partial charge in [0.25, 0.3) is 0 Å². The van der Waals surface area contributed by atoms with Crippen molar-refractivity contribution in [2.45, 2.75) is 12.8 Å². The Morgan fingerprint density at radius 2 is 1.38 bits per heavy atom. The van der Waals surface area contributed by atoms with Crippen LogP contribution in [0, 0.1) is 11.8 Å². The third-order valence-electron chi connectivity index (χ3n) is 2.44. The zero-order valence-corrected chi connectivity index (χ0v) is 11.4. The third-order valence-corrected chi connectivity index (χ3v) is 3.25. The van der Waals surface area contributed by atoms with Crippen molar-refractivity contribution in [3.05, 3.63) is 12.2 Å². The van der Waals surface area contributed by atoms with Crippen LogP contribution >= 0.6 is 17.6 Å². The van der Waals surface area contributed by atoms with Gasteiger partial charge in [0.05, 0.1) is 29.5 Å². The van der Waals surface area contributed by atoms with Crippen molar-refractivity contribution >= 4 is 29.6 Å². The molecule has 6 heteroatoms. The Morgan fingerprint density at radius 1 is 1.00 bits per heavy atom. The number of carbonyl (C=O) groups is 2. The number of rotatable bonds is 4. The summed E-state index contributed by atoms with van der Waals surface area (Å²) in [6, 6.07) is 0. The molecule has 4 unspecified atom stereocenters. The van der Waals surface area contributed by atoms with E-state index in [-0.39, 0.29) is 41.4 Å². The van der Waals surface area contributed by atoms with Crippen LogP contribution in [0.15, 0.2) is 12.2 Å². The Hall–Kier alpha value is -0.460. The van der Waals surface area contributed by atoms with Crippen molar-refractivity contribution in [2.24, 2.45) is 11.8 Å². The highest BCUT2D eigenvalue weighted by molar-refractivity contribution is 7.32. The molecule has 0 N–H and O–H groups in total. The van der Waals surface area contributed by atoms with E-state index < -0.39 is 0 Å². The number of carbonyl (C=O) groups excluding carboxylic acids is 2. The van der Waals surface area contributed by atoms with Gasteiger partial charge in [-0.05, 0) is 26.2 Å². The third kappa shape index (κ3) is 3.54. The van der Waals surface area contributed by atoms with Gasteiger partial charge in [-0.25, -0.2) is 0 Å². The minimum absolute atomic E-state index is 0.123. The molecule has 0 aromatic carbocycles. The fraction of sp³-hybridized carbons (Fsp3) is 0.600. The average Bonchev–Trinajstić information content (AvgIpc) is 2.30. The Bertz CT molecular complexity index is 263. The molecule has 4 atom stereocenters. The van der Waals surface area contributed by atoms with Crippen LogP contribution in [-0.4, -0.2) is 25.3 Å². The summed E-state index contributed by atoms with van der Waals surface area (Å²) >= 11 is 0. The quantitative estimate of drug-likeness (QED) is 0.575. The maximum absolute atomic E-state index is 11.7. The van der Waals surface area contributed by atoms with Crippen LogP contribution in [0.1, 0.15) is 12.8 Å². The predicted molar refractivity (Wildman–Crippen MR) is 66.0 cm³/mol. The van der Waals surface area contributed by atoms with E-state index in [1.165, 1.54) is 0 Å². The van der Waals surface area contributed by atoms with Gasteiger partial charge >= 0.3 is 11.9 Å². The van der Waals surface area contributed by atoms with E-state index in [1.54, 1.807) is 13.3 Å². The zero-order valence-electron chi connectivity index (χ0n) is 9.36. The lowest BCUT2D eigenvalue weighted by atomic mass is 9.83.